The summed E-state index contributed by atoms with van der Waals surface area (Å²) in [6.45, 7) is 3.41. The second kappa shape index (κ2) is 8.07. The van der Waals surface area contributed by atoms with Crippen molar-refractivity contribution in [3.05, 3.63) is 78.9 Å². The number of hydrogen-bond acceptors (Lipinski definition) is 5. The molecule has 0 aliphatic heterocycles. The highest BCUT2D eigenvalue weighted by molar-refractivity contribution is 5.99. The molecule has 0 aliphatic carbocycles. The van der Waals surface area contributed by atoms with E-state index in [0.29, 0.717) is 33.7 Å². The van der Waals surface area contributed by atoms with Crippen LogP contribution in [-0.4, -0.2) is 26.8 Å². The number of halogens is 1. The summed E-state index contributed by atoms with van der Waals surface area (Å²) in [5.41, 5.74) is 7.51. The molecule has 0 saturated carbocycles. The average Bonchev–Trinajstić information content (AvgIpc) is 3.17. The van der Waals surface area contributed by atoms with Crippen molar-refractivity contribution in [3.63, 3.8) is 0 Å². The number of H-pyrrole nitrogens is 1. The van der Waals surface area contributed by atoms with Crippen LogP contribution in [0.3, 0.4) is 0 Å². The van der Waals surface area contributed by atoms with Gasteiger partial charge < -0.3 is 20.8 Å². The summed E-state index contributed by atoms with van der Waals surface area (Å²) in [6.07, 6.45) is 4.24. The predicted octanol–water partition coefficient (Wildman–Crippen LogP) is 3.78. The molecule has 31 heavy (non-hydrogen) atoms. The van der Waals surface area contributed by atoms with E-state index in [0.717, 1.165) is 0 Å². The number of nitrogens with zero attached hydrogens (tertiary/aromatic N) is 2. The van der Waals surface area contributed by atoms with E-state index >= 15 is 0 Å². The Hall–Kier alpha value is -4.53. The van der Waals surface area contributed by atoms with Crippen molar-refractivity contribution < 1.29 is 18.7 Å². The average molecular weight is 417 g/mol. The van der Waals surface area contributed by atoms with Crippen LogP contribution in [0.1, 0.15) is 10.4 Å². The summed E-state index contributed by atoms with van der Waals surface area (Å²) in [5.74, 6) is -1.27. The van der Waals surface area contributed by atoms with Crippen LogP contribution in [0.15, 0.2) is 67.5 Å². The fraction of sp³-hybridized carbons (Fsp3) is 0. The highest BCUT2D eigenvalue weighted by Crippen LogP contribution is 2.30. The molecule has 0 fully saturated rings. The van der Waals surface area contributed by atoms with Crippen LogP contribution in [0, 0.1) is 5.82 Å². The van der Waals surface area contributed by atoms with E-state index in [1.165, 1.54) is 24.4 Å². The molecule has 0 radical (unpaired) electrons. The number of aromatic nitrogens is 3. The van der Waals surface area contributed by atoms with Crippen LogP contribution in [-0.2, 0) is 4.79 Å². The lowest BCUT2D eigenvalue weighted by atomic mass is 10.1. The maximum atomic E-state index is 14.2. The Balaban J connectivity index is 1.66. The zero-order valence-electron chi connectivity index (χ0n) is 16.1. The third-order valence-electron chi connectivity index (χ3n) is 4.41. The Morgan fingerprint density at radius 1 is 1.23 bits per heavy atom. The maximum Gasteiger partial charge on any atom is 0.251 e. The summed E-state index contributed by atoms with van der Waals surface area (Å²) in [4.78, 5) is 34.5. The van der Waals surface area contributed by atoms with Gasteiger partial charge in [-0.15, -0.1) is 0 Å². The number of aromatic amines is 1. The van der Waals surface area contributed by atoms with Crippen molar-refractivity contribution >= 4 is 28.7 Å². The highest BCUT2D eigenvalue weighted by atomic mass is 19.1. The number of nitrogens with one attached hydrogen (secondary N) is 2. The van der Waals surface area contributed by atoms with Gasteiger partial charge in [0.25, 0.3) is 5.91 Å². The molecule has 2 heterocycles. The van der Waals surface area contributed by atoms with Crippen molar-refractivity contribution in [2.24, 2.45) is 5.73 Å². The smallest absolute Gasteiger partial charge is 0.251 e. The molecule has 0 aliphatic rings. The molecule has 0 unspecified atom stereocenters. The molecule has 8 nitrogen and oxygen atoms in total. The highest BCUT2D eigenvalue weighted by Gasteiger charge is 2.14. The lowest BCUT2D eigenvalue weighted by Gasteiger charge is -2.08. The van der Waals surface area contributed by atoms with E-state index in [4.69, 9.17) is 10.5 Å². The number of amides is 2. The molecule has 2 amide bonds. The number of rotatable bonds is 6. The first-order chi connectivity index (χ1) is 14.9. The van der Waals surface area contributed by atoms with Crippen molar-refractivity contribution in [1.29, 1.82) is 0 Å². The molecule has 2 aromatic heterocycles. The Bertz CT molecular complexity index is 1330. The second-order valence-corrected chi connectivity index (χ2v) is 6.49. The Labute approximate surface area is 175 Å². The molecule has 154 valence electrons. The first-order valence-electron chi connectivity index (χ1n) is 9.10. The van der Waals surface area contributed by atoms with Gasteiger partial charge in [0.15, 0.2) is 5.65 Å². The molecular weight excluding hydrogens is 401 g/mol. The van der Waals surface area contributed by atoms with E-state index in [1.807, 2.05) is 0 Å². The van der Waals surface area contributed by atoms with E-state index < -0.39 is 11.7 Å². The number of carbonyl (C=O) groups is 2. The SMILES string of the molecule is C=CC(=O)Nc1cccc(Oc2cnc3[nH]cc(-c4ccc(C(N)=O)c(F)c4)c3n2)c1. The molecule has 0 atom stereocenters. The van der Waals surface area contributed by atoms with Gasteiger partial charge in [0.05, 0.1) is 11.8 Å². The van der Waals surface area contributed by atoms with Crippen molar-refractivity contribution in [1.82, 2.24) is 15.0 Å². The largest absolute Gasteiger partial charge is 0.437 e. The van der Waals surface area contributed by atoms with Gasteiger partial charge in [-0.25, -0.2) is 14.4 Å². The number of nitrogens with two attached hydrogens (primary N) is 1. The number of hydrogen-bond donors (Lipinski definition) is 3. The molecule has 4 rings (SSSR count). The number of ether oxygens (including phenoxy) is 1. The molecule has 4 aromatic rings. The van der Waals surface area contributed by atoms with E-state index in [9.17, 15) is 14.0 Å². The zero-order valence-corrected chi connectivity index (χ0v) is 16.1. The maximum absolute atomic E-state index is 14.2. The quantitative estimate of drug-likeness (QED) is 0.412. The fourth-order valence-electron chi connectivity index (χ4n) is 2.98. The Morgan fingerprint density at radius 3 is 2.81 bits per heavy atom. The molecule has 0 bridgehead atoms. The van der Waals surface area contributed by atoms with Crippen LogP contribution in [0.25, 0.3) is 22.3 Å². The van der Waals surface area contributed by atoms with Crippen molar-refractivity contribution in [2.45, 2.75) is 0 Å². The number of benzene rings is 2. The summed E-state index contributed by atoms with van der Waals surface area (Å²) in [6, 6.07) is 10.9. The number of primary amides is 1. The topological polar surface area (TPSA) is 123 Å². The van der Waals surface area contributed by atoms with Gasteiger partial charge in [-0.1, -0.05) is 18.7 Å². The number of fused-ring (bicyclic) bond motifs is 1. The molecule has 0 spiro atoms. The first kappa shape index (κ1) is 19.8. The van der Waals surface area contributed by atoms with Crippen LogP contribution in [0.5, 0.6) is 11.6 Å². The van der Waals surface area contributed by atoms with Gasteiger partial charge in [-0.2, -0.15) is 0 Å². The third kappa shape index (κ3) is 4.10. The van der Waals surface area contributed by atoms with E-state index in [-0.39, 0.29) is 17.4 Å². The predicted molar refractivity (Wildman–Crippen MR) is 113 cm³/mol. The van der Waals surface area contributed by atoms with Gasteiger partial charge in [0.1, 0.15) is 17.1 Å². The third-order valence-corrected chi connectivity index (χ3v) is 4.41. The fourth-order valence-corrected chi connectivity index (χ4v) is 2.98. The second-order valence-electron chi connectivity index (χ2n) is 6.49. The molecule has 9 heteroatoms. The summed E-state index contributed by atoms with van der Waals surface area (Å²) >= 11 is 0. The van der Waals surface area contributed by atoms with E-state index in [2.05, 4.69) is 26.8 Å². The summed E-state index contributed by atoms with van der Waals surface area (Å²) in [7, 11) is 0. The van der Waals surface area contributed by atoms with Gasteiger partial charge in [0, 0.05) is 23.5 Å². The first-order valence-corrected chi connectivity index (χ1v) is 9.10. The lowest BCUT2D eigenvalue weighted by Crippen LogP contribution is -2.12. The normalized spacial score (nSPS) is 10.6. The van der Waals surface area contributed by atoms with Gasteiger partial charge >= 0.3 is 0 Å². The van der Waals surface area contributed by atoms with Crippen molar-refractivity contribution in [2.75, 3.05) is 5.32 Å². The van der Waals surface area contributed by atoms with Crippen LogP contribution >= 0.6 is 0 Å². The standard InChI is InChI=1S/C22H16FN5O3/c1-2-18(29)27-13-4-3-5-14(9-13)31-19-11-26-22-20(28-19)16(10-25-22)12-6-7-15(21(24)30)17(23)8-12/h2-11H,1H2,(H2,24,30)(H,25,26)(H,27,29). The Kier molecular flexibility index (Phi) is 5.15. The minimum absolute atomic E-state index is 0.192. The number of carbonyl (C=O) groups excluding carboxylic acids is 2. The molecule has 0 saturated heterocycles. The molecular formula is C22H16FN5O3. The monoisotopic (exact) mass is 417 g/mol. The molecule has 2 aromatic carbocycles. The number of anilines is 1. The summed E-state index contributed by atoms with van der Waals surface area (Å²) in [5, 5.41) is 2.65. The Morgan fingerprint density at radius 2 is 2.06 bits per heavy atom. The van der Waals surface area contributed by atoms with Gasteiger partial charge in [-0.3, -0.25) is 9.59 Å². The molecule has 4 N–H and O–H groups in total. The van der Waals surface area contributed by atoms with Crippen LogP contribution in [0.4, 0.5) is 10.1 Å². The summed E-state index contributed by atoms with van der Waals surface area (Å²) < 4.78 is 20.0. The minimum atomic E-state index is -0.843. The van der Waals surface area contributed by atoms with Crippen LogP contribution in [0.2, 0.25) is 0 Å². The van der Waals surface area contributed by atoms with Gasteiger partial charge in [-0.05, 0) is 35.9 Å². The van der Waals surface area contributed by atoms with Crippen molar-refractivity contribution in [3.8, 4) is 22.8 Å². The van der Waals surface area contributed by atoms with E-state index in [1.54, 1.807) is 36.5 Å². The van der Waals surface area contributed by atoms with Crippen LogP contribution < -0.4 is 15.8 Å². The van der Waals surface area contributed by atoms with Gasteiger partial charge in [0.2, 0.25) is 11.8 Å². The lowest BCUT2D eigenvalue weighted by molar-refractivity contribution is -0.111. The minimum Gasteiger partial charge on any atom is -0.437 e. The zero-order chi connectivity index (χ0) is 22.0.